The summed E-state index contributed by atoms with van der Waals surface area (Å²) in [5.74, 6) is 0. The third-order valence-corrected chi connectivity index (χ3v) is 3.11. The number of nitrogen functional groups attached to an aromatic ring is 1. The number of nitrogens with zero attached hydrogens (tertiary/aromatic N) is 1. The van der Waals surface area contributed by atoms with E-state index in [1.165, 1.54) is 17.1 Å². The topological polar surface area (TPSA) is 30.9 Å². The highest BCUT2D eigenvalue weighted by atomic mass is 15.0. The average Bonchev–Trinajstić information content (AvgIpc) is 2.64. The predicted molar refractivity (Wildman–Crippen MR) is 69.0 cm³/mol. The summed E-state index contributed by atoms with van der Waals surface area (Å²) in [5.41, 5.74) is 11.7. The number of hydrogen-bond donors (Lipinski definition) is 1. The normalized spacial score (nSPS) is 10.7. The van der Waals surface area contributed by atoms with Crippen LogP contribution in [0.1, 0.15) is 23.9 Å². The standard InChI is InChI=1S/C14H18N2/c1-4-12-9-8-10(2)16(12)14-7-5-6-13(15)11(14)3/h5-9H,4,15H2,1-3H3. The Morgan fingerprint density at radius 2 is 1.88 bits per heavy atom. The molecule has 2 aromatic rings. The van der Waals surface area contributed by atoms with Gasteiger partial charge in [-0.2, -0.15) is 0 Å². The van der Waals surface area contributed by atoms with Crippen LogP contribution in [0.2, 0.25) is 0 Å². The lowest BCUT2D eigenvalue weighted by atomic mass is 10.1. The van der Waals surface area contributed by atoms with Crippen LogP contribution in [0.25, 0.3) is 5.69 Å². The summed E-state index contributed by atoms with van der Waals surface area (Å²) in [4.78, 5) is 0. The van der Waals surface area contributed by atoms with E-state index in [0.29, 0.717) is 0 Å². The molecule has 0 spiro atoms. The molecule has 2 rings (SSSR count). The maximum Gasteiger partial charge on any atom is 0.0504 e. The number of hydrogen-bond acceptors (Lipinski definition) is 1. The van der Waals surface area contributed by atoms with Crippen LogP contribution < -0.4 is 5.73 Å². The zero-order chi connectivity index (χ0) is 11.7. The van der Waals surface area contributed by atoms with Crippen molar-refractivity contribution < 1.29 is 0 Å². The van der Waals surface area contributed by atoms with Gasteiger partial charge in [-0.25, -0.2) is 0 Å². The summed E-state index contributed by atoms with van der Waals surface area (Å²) in [6.45, 7) is 6.37. The third kappa shape index (κ3) is 1.60. The van der Waals surface area contributed by atoms with Gasteiger partial charge in [-0.15, -0.1) is 0 Å². The first-order valence-corrected chi connectivity index (χ1v) is 5.67. The Hall–Kier alpha value is -1.70. The van der Waals surface area contributed by atoms with Crippen molar-refractivity contribution in [2.75, 3.05) is 5.73 Å². The second-order valence-corrected chi connectivity index (χ2v) is 4.15. The van der Waals surface area contributed by atoms with Crippen LogP contribution in [-0.4, -0.2) is 4.57 Å². The van der Waals surface area contributed by atoms with Crippen LogP contribution in [0, 0.1) is 13.8 Å². The molecule has 0 bridgehead atoms. The highest BCUT2D eigenvalue weighted by Gasteiger charge is 2.09. The molecule has 0 aliphatic carbocycles. The summed E-state index contributed by atoms with van der Waals surface area (Å²) in [7, 11) is 0. The molecular formula is C14H18N2. The summed E-state index contributed by atoms with van der Waals surface area (Å²) in [6, 6.07) is 10.4. The lowest BCUT2D eigenvalue weighted by molar-refractivity contribution is 0.900. The molecule has 1 heterocycles. The van der Waals surface area contributed by atoms with Gasteiger partial charge in [0.2, 0.25) is 0 Å². The molecule has 1 aromatic carbocycles. The predicted octanol–water partition coefficient (Wildman–Crippen LogP) is 3.24. The van der Waals surface area contributed by atoms with Gasteiger partial charge in [0.05, 0.1) is 5.69 Å². The highest BCUT2D eigenvalue weighted by molar-refractivity contribution is 5.58. The van der Waals surface area contributed by atoms with Crippen LogP contribution in [0.15, 0.2) is 30.3 Å². The Kier molecular flexibility index (Phi) is 2.73. The van der Waals surface area contributed by atoms with Crippen LogP contribution in [0.4, 0.5) is 5.69 Å². The van der Waals surface area contributed by atoms with Gasteiger partial charge in [0.25, 0.3) is 0 Å². The number of anilines is 1. The number of aromatic nitrogens is 1. The van der Waals surface area contributed by atoms with E-state index in [1.807, 2.05) is 12.1 Å². The molecule has 1 aromatic heterocycles. The summed E-state index contributed by atoms with van der Waals surface area (Å²) >= 11 is 0. The molecule has 2 N–H and O–H groups in total. The van der Waals surface area contributed by atoms with E-state index in [-0.39, 0.29) is 0 Å². The van der Waals surface area contributed by atoms with Gasteiger partial charge < -0.3 is 10.3 Å². The first kappa shape index (κ1) is 10.8. The summed E-state index contributed by atoms with van der Waals surface area (Å²) in [5, 5.41) is 0. The number of aryl methyl sites for hydroxylation is 2. The van der Waals surface area contributed by atoms with Crippen molar-refractivity contribution in [2.45, 2.75) is 27.2 Å². The molecule has 0 saturated carbocycles. The highest BCUT2D eigenvalue weighted by Crippen LogP contribution is 2.24. The monoisotopic (exact) mass is 214 g/mol. The molecule has 84 valence electrons. The minimum atomic E-state index is 0.854. The zero-order valence-corrected chi connectivity index (χ0v) is 10.1. The van der Waals surface area contributed by atoms with Gasteiger partial charge in [-0.3, -0.25) is 0 Å². The van der Waals surface area contributed by atoms with Crippen molar-refractivity contribution in [1.82, 2.24) is 4.57 Å². The zero-order valence-electron chi connectivity index (χ0n) is 10.1. The van der Waals surface area contributed by atoms with E-state index in [4.69, 9.17) is 5.73 Å². The minimum absolute atomic E-state index is 0.854. The Labute approximate surface area is 96.7 Å². The molecule has 2 heteroatoms. The lowest BCUT2D eigenvalue weighted by Crippen LogP contribution is -2.04. The van der Waals surface area contributed by atoms with E-state index in [2.05, 4.69) is 43.5 Å². The van der Waals surface area contributed by atoms with Crippen molar-refractivity contribution in [3.63, 3.8) is 0 Å². The Bertz CT molecular complexity index is 509. The average molecular weight is 214 g/mol. The molecule has 0 saturated heterocycles. The quantitative estimate of drug-likeness (QED) is 0.764. The Morgan fingerprint density at radius 3 is 2.56 bits per heavy atom. The van der Waals surface area contributed by atoms with Crippen molar-refractivity contribution >= 4 is 5.69 Å². The fourth-order valence-electron chi connectivity index (χ4n) is 2.10. The number of benzene rings is 1. The van der Waals surface area contributed by atoms with Crippen LogP contribution in [-0.2, 0) is 6.42 Å². The molecule has 0 unspecified atom stereocenters. The van der Waals surface area contributed by atoms with Crippen molar-refractivity contribution in [2.24, 2.45) is 0 Å². The smallest absolute Gasteiger partial charge is 0.0504 e. The number of nitrogens with two attached hydrogens (primary N) is 1. The maximum atomic E-state index is 5.95. The van der Waals surface area contributed by atoms with Gasteiger partial charge in [0, 0.05) is 17.1 Å². The number of rotatable bonds is 2. The molecule has 0 radical (unpaired) electrons. The van der Waals surface area contributed by atoms with Crippen molar-refractivity contribution in [3.05, 3.63) is 47.3 Å². The first-order chi connectivity index (χ1) is 7.65. The van der Waals surface area contributed by atoms with Gasteiger partial charge >= 0.3 is 0 Å². The lowest BCUT2D eigenvalue weighted by Gasteiger charge is -2.14. The van der Waals surface area contributed by atoms with E-state index < -0.39 is 0 Å². The molecule has 0 fully saturated rings. The second-order valence-electron chi connectivity index (χ2n) is 4.15. The molecule has 0 amide bonds. The van der Waals surface area contributed by atoms with E-state index in [9.17, 15) is 0 Å². The van der Waals surface area contributed by atoms with Crippen molar-refractivity contribution in [3.8, 4) is 5.69 Å². The minimum Gasteiger partial charge on any atom is -0.398 e. The SMILES string of the molecule is CCc1ccc(C)n1-c1cccc(N)c1C. The maximum absolute atomic E-state index is 5.95. The Balaban J connectivity index is 2.67. The third-order valence-electron chi connectivity index (χ3n) is 3.11. The van der Waals surface area contributed by atoms with E-state index >= 15 is 0 Å². The largest absolute Gasteiger partial charge is 0.398 e. The summed E-state index contributed by atoms with van der Waals surface area (Å²) in [6.07, 6.45) is 1.03. The van der Waals surface area contributed by atoms with Gasteiger partial charge in [-0.05, 0) is 50.1 Å². The van der Waals surface area contributed by atoms with Gasteiger partial charge in [-0.1, -0.05) is 13.0 Å². The fraction of sp³-hybridized carbons (Fsp3) is 0.286. The second kappa shape index (κ2) is 4.05. The van der Waals surface area contributed by atoms with Crippen LogP contribution >= 0.6 is 0 Å². The molecular weight excluding hydrogens is 196 g/mol. The van der Waals surface area contributed by atoms with E-state index in [0.717, 1.165) is 17.7 Å². The molecule has 2 nitrogen and oxygen atoms in total. The van der Waals surface area contributed by atoms with Crippen LogP contribution in [0.3, 0.4) is 0 Å². The van der Waals surface area contributed by atoms with Crippen LogP contribution in [0.5, 0.6) is 0 Å². The summed E-state index contributed by atoms with van der Waals surface area (Å²) < 4.78 is 2.28. The van der Waals surface area contributed by atoms with Gasteiger partial charge in [0.15, 0.2) is 0 Å². The van der Waals surface area contributed by atoms with E-state index in [1.54, 1.807) is 0 Å². The molecule has 0 aliphatic rings. The fourth-order valence-corrected chi connectivity index (χ4v) is 2.10. The molecule has 0 atom stereocenters. The molecule has 0 aliphatic heterocycles. The first-order valence-electron chi connectivity index (χ1n) is 5.67. The van der Waals surface area contributed by atoms with Crippen molar-refractivity contribution in [1.29, 1.82) is 0 Å². The Morgan fingerprint density at radius 1 is 1.12 bits per heavy atom. The van der Waals surface area contributed by atoms with Gasteiger partial charge in [0.1, 0.15) is 0 Å². The molecule has 16 heavy (non-hydrogen) atoms.